The highest BCUT2D eigenvalue weighted by atomic mass is 19.4. The summed E-state index contributed by atoms with van der Waals surface area (Å²) in [5, 5.41) is 3.53. The van der Waals surface area contributed by atoms with E-state index in [1.54, 1.807) is 29.2 Å². The number of aromatic nitrogens is 1. The number of piperidine rings is 1. The highest BCUT2D eigenvalue weighted by Gasteiger charge is 2.46. The van der Waals surface area contributed by atoms with Gasteiger partial charge in [0.05, 0.1) is 18.8 Å². The zero-order valence-corrected chi connectivity index (χ0v) is 19.3. The van der Waals surface area contributed by atoms with Crippen molar-refractivity contribution in [2.24, 2.45) is 0 Å². The molecule has 2 aromatic rings. The molecule has 0 bridgehead atoms. The lowest BCUT2D eigenvalue weighted by molar-refractivity contribution is -0.144. The summed E-state index contributed by atoms with van der Waals surface area (Å²) in [7, 11) is 1.53. The van der Waals surface area contributed by atoms with E-state index in [9.17, 15) is 18.0 Å². The summed E-state index contributed by atoms with van der Waals surface area (Å²) in [5.41, 5.74) is -0.0482. The SMILES string of the molecule is COc1cc(C(=O)N2CCC3(CC2)N[C@@H](C)Cn2c(C(F)(F)F)ccc23)ccc1OC(C)C.[HH]. The van der Waals surface area contributed by atoms with Crippen LogP contribution in [0.1, 0.15) is 56.8 Å². The van der Waals surface area contributed by atoms with Crippen molar-refractivity contribution >= 4 is 5.91 Å². The Bertz CT molecular complexity index is 1030. The maximum atomic E-state index is 13.5. The normalized spacial score (nSPS) is 20.1. The topological polar surface area (TPSA) is 55.7 Å². The van der Waals surface area contributed by atoms with Gasteiger partial charge in [-0.2, -0.15) is 13.2 Å². The quantitative estimate of drug-likeness (QED) is 0.710. The molecule has 2 aliphatic rings. The van der Waals surface area contributed by atoms with E-state index < -0.39 is 17.4 Å². The molecule has 1 atom stereocenters. The number of carbonyl (C=O) groups is 1. The number of nitrogens with one attached hydrogen (secondary N) is 1. The van der Waals surface area contributed by atoms with Gasteiger partial charge >= 0.3 is 6.18 Å². The van der Waals surface area contributed by atoms with Crippen molar-refractivity contribution < 1.29 is 28.9 Å². The van der Waals surface area contributed by atoms with Crippen molar-refractivity contribution in [3.63, 3.8) is 0 Å². The molecule has 0 unspecified atom stereocenters. The molecule has 0 aliphatic carbocycles. The monoisotopic (exact) mass is 467 g/mol. The third kappa shape index (κ3) is 4.43. The molecule has 2 aliphatic heterocycles. The van der Waals surface area contributed by atoms with Crippen LogP contribution in [0.2, 0.25) is 0 Å². The average molecular weight is 468 g/mol. The average Bonchev–Trinajstić information content (AvgIpc) is 3.19. The number of nitrogens with zero attached hydrogens (tertiary/aromatic N) is 2. The van der Waals surface area contributed by atoms with E-state index in [2.05, 4.69) is 5.32 Å². The molecule has 1 amide bonds. The standard InChI is InChI=1S/C24H30F3N3O3.H2/c1-15(2)33-18-6-5-17(13-19(18)32-4)22(31)29-11-9-23(10-12-29)20-7-8-21(24(25,26)27)30(20)14-16(3)28-23;/h5-8,13,15-16,28H,9-12,14H2,1-4H3;1H/t16-;/m0./s1. The van der Waals surface area contributed by atoms with Crippen LogP contribution >= 0.6 is 0 Å². The van der Waals surface area contributed by atoms with Gasteiger partial charge in [0.1, 0.15) is 5.69 Å². The van der Waals surface area contributed by atoms with Crippen molar-refractivity contribution in [2.75, 3.05) is 20.2 Å². The van der Waals surface area contributed by atoms with Crippen LogP contribution in [0.4, 0.5) is 13.2 Å². The van der Waals surface area contributed by atoms with E-state index in [4.69, 9.17) is 9.47 Å². The Kier molecular flexibility index (Phi) is 6.11. The molecule has 1 saturated heterocycles. The summed E-state index contributed by atoms with van der Waals surface area (Å²) in [6, 6.07) is 7.76. The van der Waals surface area contributed by atoms with Gasteiger partial charge in [0.25, 0.3) is 5.91 Å². The van der Waals surface area contributed by atoms with Crippen molar-refractivity contribution in [3.8, 4) is 11.5 Å². The highest BCUT2D eigenvalue weighted by Crippen LogP contribution is 2.41. The summed E-state index contributed by atoms with van der Waals surface area (Å²) in [6.45, 7) is 6.88. The van der Waals surface area contributed by atoms with E-state index in [0.717, 1.165) is 0 Å². The Morgan fingerprint density at radius 2 is 1.88 bits per heavy atom. The third-order valence-corrected chi connectivity index (χ3v) is 6.42. The maximum Gasteiger partial charge on any atom is 0.431 e. The fourth-order valence-corrected chi connectivity index (χ4v) is 5.02. The molecule has 0 radical (unpaired) electrons. The van der Waals surface area contributed by atoms with Gasteiger partial charge in [0.2, 0.25) is 0 Å². The van der Waals surface area contributed by atoms with Gasteiger partial charge in [-0.1, -0.05) is 0 Å². The van der Waals surface area contributed by atoms with E-state index in [-0.39, 0.29) is 26.0 Å². The number of rotatable bonds is 4. The predicted octanol–water partition coefficient (Wildman–Crippen LogP) is 4.67. The first-order valence-corrected chi connectivity index (χ1v) is 11.2. The van der Waals surface area contributed by atoms with Gasteiger partial charge in [-0.05, 0) is 63.9 Å². The van der Waals surface area contributed by atoms with Crippen LogP contribution in [-0.4, -0.2) is 47.7 Å². The van der Waals surface area contributed by atoms with Crippen LogP contribution < -0.4 is 14.8 Å². The van der Waals surface area contributed by atoms with Gasteiger partial charge in [0.15, 0.2) is 11.5 Å². The van der Waals surface area contributed by atoms with Gasteiger partial charge in [-0.3, -0.25) is 4.79 Å². The number of ether oxygens (including phenoxy) is 2. The zero-order chi connectivity index (χ0) is 24.0. The van der Waals surface area contributed by atoms with E-state index >= 15 is 0 Å². The second-order valence-electron chi connectivity index (χ2n) is 9.16. The summed E-state index contributed by atoms with van der Waals surface area (Å²) >= 11 is 0. The van der Waals surface area contributed by atoms with Crippen molar-refractivity contribution in [1.29, 1.82) is 0 Å². The summed E-state index contributed by atoms with van der Waals surface area (Å²) in [4.78, 5) is 14.9. The first-order valence-electron chi connectivity index (χ1n) is 11.2. The van der Waals surface area contributed by atoms with E-state index in [1.165, 1.54) is 17.7 Å². The molecule has 1 aromatic heterocycles. The van der Waals surface area contributed by atoms with Crippen molar-refractivity contribution in [2.45, 2.75) is 64.0 Å². The number of carbonyl (C=O) groups excluding carboxylic acids is 1. The lowest BCUT2D eigenvalue weighted by Crippen LogP contribution is -2.59. The first-order chi connectivity index (χ1) is 15.5. The maximum absolute atomic E-state index is 13.5. The number of alkyl halides is 3. The van der Waals surface area contributed by atoms with Gasteiger partial charge in [-0.25, -0.2) is 0 Å². The number of halogens is 3. The molecule has 182 valence electrons. The number of fused-ring (bicyclic) bond motifs is 2. The fraction of sp³-hybridized carbons (Fsp3) is 0.542. The Morgan fingerprint density at radius 3 is 2.48 bits per heavy atom. The Morgan fingerprint density at radius 1 is 1.18 bits per heavy atom. The molecule has 9 heteroatoms. The van der Waals surface area contributed by atoms with E-state index in [1.807, 2.05) is 20.8 Å². The number of methoxy groups -OCH3 is 1. The minimum Gasteiger partial charge on any atom is -0.493 e. The van der Waals surface area contributed by atoms with Crippen LogP contribution in [0.15, 0.2) is 30.3 Å². The Hall–Kier alpha value is -2.68. The first kappa shape index (κ1) is 23.5. The number of amides is 1. The minimum absolute atomic E-state index is 0. The van der Waals surface area contributed by atoms with Crippen LogP contribution in [0.3, 0.4) is 0 Å². The lowest BCUT2D eigenvalue weighted by Gasteiger charge is -2.47. The van der Waals surface area contributed by atoms with Crippen molar-refractivity contribution in [3.05, 3.63) is 47.3 Å². The molecule has 0 saturated carbocycles. The molecule has 1 aromatic carbocycles. The van der Waals surface area contributed by atoms with Gasteiger partial charge in [-0.15, -0.1) is 0 Å². The van der Waals surface area contributed by atoms with Crippen LogP contribution in [0, 0.1) is 0 Å². The zero-order valence-electron chi connectivity index (χ0n) is 19.3. The summed E-state index contributed by atoms with van der Waals surface area (Å²) < 4.78 is 53.0. The molecule has 6 nitrogen and oxygen atoms in total. The summed E-state index contributed by atoms with van der Waals surface area (Å²) in [6.07, 6.45) is -3.34. The van der Waals surface area contributed by atoms with Gasteiger partial charge < -0.3 is 24.3 Å². The lowest BCUT2D eigenvalue weighted by atomic mass is 9.82. The van der Waals surface area contributed by atoms with E-state index in [0.29, 0.717) is 48.7 Å². The molecule has 33 heavy (non-hydrogen) atoms. The molecule has 3 heterocycles. The summed E-state index contributed by atoms with van der Waals surface area (Å²) in [5.74, 6) is 0.932. The second kappa shape index (κ2) is 8.59. The molecule has 1 fully saturated rings. The Labute approximate surface area is 193 Å². The van der Waals surface area contributed by atoms with Gasteiger partial charge in [0, 0.05) is 38.4 Å². The minimum atomic E-state index is -4.39. The molecular formula is C24H32F3N3O3. The second-order valence-corrected chi connectivity index (χ2v) is 9.16. The molecule has 1 N–H and O–H groups in total. The fourth-order valence-electron chi connectivity index (χ4n) is 5.02. The van der Waals surface area contributed by atoms with Crippen LogP contribution in [0.5, 0.6) is 11.5 Å². The largest absolute Gasteiger partial charge is 0.493 e. The number of hydrogen-bond acceptors (Lipinski definition) is 4. The molecular weight excluding hydrogens is 435 g/mol. The Balaban J connectivity index is 0.00000324. The number of likely N-dealkylation sites (tertiary alicyclic amines) is 1. The number of hydrogen-bond donors (Lipinski definition) is 1. The molecule has 1 spiro atoms. The molecule has 4 rings (SSSR count). The number of benzene rings is 1. The van der Waals surface area contributed by atoms with Crippen LogP contribution in [0.25, 0.3) is 0 Å². The highest BCUT2D eigenvalue weighted by molar-refractivity contribution is 5.95. The smallest absolute Gasteiger partial charge is 0.431 e. The van der Waals surface area contributed by atoms with Crippen LogP contribution in [-0.2, 0) is 18.3 Å². The predicted molar refractivity (Wildman–Crippen MR) is 120 cm³/mol. The third-order valence-electron chi connectivity index (χ3n) is 6.42. The van der Waals surface area contributed by atoms with Crippen molar-refractivity contribution in [1.82, 2.24) is 14.8 Å².